The van der Waals surface area contributed by atoms with E-state index in [2.05, 4.69) is 44.1 Å². The lowest BCUT2D eigenvalue weighted by atomic mass is 10.0. The van der Waals surface area contributed by atoms with Gasteiger partial charge in [-0.25, -0.2) is 9.67 Å². The second kappa shape index (κ2) is 7.61. The topological polar surface area (TPSA) is 68.0 Å². The zero-order valence-corrected chi connectivity index (χ0v) is 17.9. The van der Waals surface area contributed by atoms with Crippen LogP contribution in [0.4, 0.5) is 0 Å². The highest BCUT2D eigenvalue weighted by molar-refractivity contribution is 7.14. The minimum Gasteiger partial charge on any atom is -0.481 e. The van der Waals surface area contributed by atoms with Crippen molar-refractivity contribution in [1.29, 1.82) is 0 Å². The van der Waals surface area contributed by atoms with Gasteiger partial charge < -0.3 is 5.11 Å². The molecule has 0 unspecified atom stereocenters. The molecule has 0 atom stereocenters. The number of benzene rings is 2. The van der Waals surface area contributed by atoms with Crippen LogP contribution >= 0.6 is 22.9 Å². The molecule has 4 aromatic rings. The van der Waals surface area contributed by atoms with Gasteiger partial charge in [-0.05, 0) is 37.1 Å². The summed E-state index contributed by atoms with van der Waals surface area (Å²) in [7, 11) is 0. The average Bonchev–Trinajstić information content (AvgIpc) is 3.23. The SMILES string of the molecule is Cc1cccc(-c2nc(-n3nc(CC(=O)O)c4cc(Cl)ccc43)sc2C(C)C)c1. The van der Waals surface area contributed by atoms with Gasteiger partial charge in [-0.1, -0.05) is 60.5 Å². The number of hydrogen-bond acceptors (Lipinski definition) is 4. The molecule has 0 radical (unpaired) electrons. The lowest BCUT2D eigenvalue weighted by Crippen LogP contribution is -2.02. The van der Waals surface area contributed by atoms with E-state index in [1.54, 1.807) is 28.2 Å². The van der Waals surface area contributed by atoms with Crippen LogP contribution in [0.25, 0.3) is 27.3 Å². The third-order valence-corrected chi connectivity index (χ3v) is 6.24. The Morgan fingerprint density at radius 1 is 1.24 bits per heavy atom. The molecule has 0 bridgehead atoms. The number of carboxylic acid groups (broad SMARTS) is 1. The van der Waals surface area contributed by atoms with Crippen LogP contribution in [0.1, 0.15) is 35.9 Å². The molecule has 5 nitrogen and oxygen atoms in total. The number of halogens is 1. The van der Waals surface area contributed by atoms with E-state index in [0.29, 0.717) is 21.8 Å². The van der Waals surface area contributed by atoms with Crippen LogP contribution in [0.3, 0.4) is 0 Å². The number of aryl methyl sites for hydroxylation is 1. The van der Waals surface area contributed by atoms with E-state index in [4.69, 9.17) is 16.6 Å². The number of hydrogen-bond donors (Lipinski definition) is 1. The zero-order chi connectivity index (χ0) is 20.7. The molecular formula is C22H20ClN3O2S. The summed E-state index contributed by atoms with van der Waals surface area (Å²) in [5.41, 5.74) is 4.47. The largest absolute Gasteiger partial charge is 0.481 e. The van der Waals surface area contributed by atoms with Gasteiger partial charge in [0, 0.05) is 20.8 Å². The Morgan fingerprint density at radius 3 is 2.72 bits per heavy atom. The van der Waals surface area contributed by atoms with Gasteiger partial charge in [0.1, 0.15) is 0 Å². The maximum absolute atomic E-state index is 11.3. The fourth-order valence-electron chi connectivity index (χ4n) is 3.37. The van der Waals surface area contributed by atoms with Crippen LogP contribution in [0.2, 0.25) is 5.02 Å². The van der Waals surface area contributed by atoms with Gasteiger partial charge in [0.15, 0.2) is 0 Å². The van der Waals surface area contributed by atoms with Crippen molar-refractivity contribution in [2.45, 2.75) is 33.1 Å². The molecule has 2 aromatic carbocycles. The zero-order valence-electron chi connectivity index (χ0n) is 16.3. The summed E-state index contributed by atoms with van der Waals surface area (Å²) >= 11 is 7.73. The van der Waals surface area contributed by atoms with Crippen molar-refractivity contribution < 1.29 is 9.90 Å². The van der Waals surface area contributed by atoms with Crippen LogP contribution < -0.4 is 0 Å². The summed E-state index contributed by atoms with van der Waals surface area (Å²) in [6.07, 6.45) is -0.170. The number of aromatic nitrogens is 3. The number of nitrogens with zero attached hydrogens (tertiary/aromatic N) is 3. The van der Waals surface area contributed by atoms with Crippen molar-refractivity contribution in [1.82, 2.24) is 14.8 Å². The van der Waals surface area contributed by atoms with Gasteiger partial charge in [-0.3, -0.25) is 4.79 Å². The minimum atomic E-state index is -0.931. The highest BCUT2D eigenvalue weighted by Gasteiger charge is 2.21. The van der Waals surface area contributed by atoms with E-state index in [1.165, 1.54) is 10.4 Å². The molecule has 148 valence electrons. The molecule has 0 fully saturated rings. The Hall–Kier alpha value is -2.70. The first kappa shape index (κ1) is 19.6. The molecule has 1 N–H and O–H groups in total. The molecule has 0 saturated heterocycles. The van der Waals surface area contributed by atoms with Crippen molar-refractivity contribution in [3.05, 3.63) is 63.6 Å². The number of fused-ring (bicyclic) bond motifs is 1. The van der Waals surface area contributed by atoms with E-state index in [1.807, 2.05) is 12.1 Å². The molecule has 0 aliphatic heterocycles. The summed E-state index contributed by atoms with van der Waals surface area (Å²) in [4.78, 5) is 17.4. The average molecular weight is 426 g/mol. The van der Waals surface area contributed by atoms with E-state index < -0.39 is 5.97 Å². The van der Waals surface area contributed by atoms with E-state index in [9.17, 15) is 9.90 Å². The van der Waals surface area contributed by atoms with Crippen molar-refractivity contribution in [2.24, 2.45) is 0 Å². The van der Waals surface area contributed by atoms with Gasteiger partial charge >= 0.3 is 5.97 Å². The number of carbonyl (C=O) groups is 1. The molecule has 0 amide bonds. The standard InChI is InChI=1S/C22H20ClN3O2S/c1-12(2)21-20(14-6-4-5-13(3)9-14)24-22(29-21)26-18-8-7-15(23)10-16(18)17(25-26)11-19(27)28/h4-10,12H,11H2,1-3H3,(H,27,28). The summed E-state index contributed by atoms with van der Waals surface area (Å²) in [5.74, 6) is -0.634. The lowest BCUT2D eigenvalue weighted by Gasteiger charge is -2.05. The monoisotopic (exact) mass is 425 g/mol. The lowest BCUT2D eigenvalue weighted by molar-refractivity contribution is -0.136. The van der Waals surface area contributed by atoms with E-state index in [0.717, 1.165) is 22.2 Å². The molecule has 0 aliphatic rings. The molecule has 0 spiro atoms. The first-order valence-electron chi connectivity index (χ1n) is 9.30. The highest BCUT2D eigenvalue weighted by atomic mass is 35.5. The first-order chi connectivity index (χ1) is 13.8. The highest BCUT2D eigenvalue weighted by Crippen LogP contribution is 2.37. The normalized spacial score (nSPS) is 11.5. The van der Waals surface area contributed by atoms with Gasteiger partial charge in [0.25, 0.3) is 0 Å². The summed E-state index contributed by atoms with van der Waals surface area (Å²) in [6, 6.07) is 13.7. The van der Waals surface area contributed by atoms with Gasteiger partial charge in [-0.15, -0.1) is 0 Å². The van der Waals surface area contributed by atoms with Gasteiger partial charge in [0.2, 0.25) is 5.13 Å². The number of aliphatic carboxylic acids is 1. The van der Waals surface area contributed by atoms with Crippen molar-refractivity contribution in [2.75, 3.05) is 0 Å². The fourth-order valence-corrected chi connectivity index (χ4v) is 4.60. The Bertz CT molecular complexity index is 1230. The van der Waals surface area contributed by atoms with Crippen LogP contribution in [0.5, 0.6) is 0 Å². The Labute approximate surface area is 177 Å². The molecular weight excluding hydrogens is 406 g/mol. The maximum atomic E-state index is 11.3. The summed E-state index contributed by atoms with van der Waals surface area (Å²) in [6.45, 7) is 6.36. The predicted octanol–water partition coefficient (Wildman–Crippen LogP) is 5.86. The van der Waals surface area contributed by atoms with Gasteiger partial charge in [0.05, 0.1) is 23.3 Å². The van der Waals surface area contributed by atoms with Gasteiger partial charge in [-0.2, -0.15) is 5.10 Å². The Morgan fingerprint density at radius 2 is 2.03 bits per heavy atom. The molecule has 29 heavy (non-hydrogen) atoms. The van der Waals surface area contributed by atoms with Crippen LogP contribution in [-0.2, 0) is 11.2 Å². The smallest absolute Gasteiger partial charge is 0.309 e. The molecule has 2 aromatic heterocycles. The van der Waals surface area contributed by atoms with Crippen molar-refractivity contribution in [3.8, 4) is 16.4 Å². The second-order valence-corrected chi connectivity index (χ2v) is 8.77. The Balaban J connectivity index is 1.92. The number of thiazole rings is 1. The predicted molar refractivity (Wildman–Crippen MR) is 117 cm³/mol. The quantitative estimate of drug-likeness (QED) is 0.434. The minimum absolute atomic E-state index is 0.170. The fraction of sp³-hybridized carbons (Fsp3) is 0.227. The summed E-state index contributed by atoms with van der Waals surface area (Å²) < 4.78 is 1.74. The molecule has 0 saturated carbocycles. The van der Waals surface area contributed by atoms with E-state index >= 15 is 0 Å². The molecule has 7 heteroatoms. The van der Waals surface area contributed by atoms with E-state index in [-0.39, 0.29) is 6.42 Å². The number of rotatable bonds is 5. The Kier molecular flexibility index (Phi) is 5.15. The van der Waals surface area contributed by atoms with Crippen molar-refractivity contribution in [3.63, 3.8) is 0 Å². The molecule has 4 rings (SSSR count). The van der Waals surface area contributed by atoms with Crippen LogP contribution in [-0.4, -0.2) is 25.8 Å². The molecule has 0 aliphatic carbocycles. The third-order valence-electron chi connectivity index (χ3n) is 4.68. The first-order valence-corrected chi connectivity index (χ1v) is 10.5. The van der Waals surface area contributed by atoms with Crippen molar-refractivity contribution >= 4 is 39.8 Å². The summed E-state index contributed by atoms with van der Waals surface area (Å²) in [5, 5.41) is 15.9. The number of carboxylic acids is 1. The molecule has 2 heterocycles. The third kappa shape index (κ3) is 3.78. The van der Waals surface area contributed by atoms with Crippen LogP contribution in [0, 0.1) is 6.92 Å². The maximum Gasteiger partial charge on any atom is 0.309 e. The van der Waals surface area contributed by atoms with Crippen LogP contribution in [0.15, 0.2) is 42.5 Å². The second-order valence-electron chi connectivity index (χ2n) is 7.32.